The Labute approximate surface area is 245 Å². The number of hydrogen-bond acceptors (Lipinski definition) is 6. The molecule has 0 bridgehead atoms. The fraction of sp³-hybridized carbons (Fsp3) is 0.379. The maximum atomic E-state index is 14.6. The number of carbonyl (C=O) groups excluding carboxylic acids is 3. The smallest absolute Gasteiger partial charge is 0.407 e. The van der Waals surface area contributed by atoms with Crippen molar-refractivity contribution in [1.82, 2.24) is 20.2 Å². The molecule has 3 N–H and O–H groups in total. The van der Waals surface area contributed by atoms with Gasteiger partial charge in [0.05, 0.1) is 11.9 Å². The Morgan fingerprint density at radius 3 is 2.35 bits per heavy atom. The molecule has 43 heavy (non-hydrogen) atoms. The van der Waals surface area contributed by atoms with Crippen molar-refractivity contribution in [2.45, 2.75) is 52.7 Å². The number of carbonyl (C=O) groups is 3. The SMILES string of the molecule is CCc1cc(NC(=O)c2ncc(-c3ccc(OC(F)F)c(F)c3F)n2C)ccc1C(=O)NCCCNC(=O)OC(C)(C)C. The molecular weight excluding hydrogens is 574 g/mol. The molecule has 232 valence electrons. The van der Waals surface area contributed by atoms with Crippen LogP contribution in [0, 0.1) is 11.6 Å². The van der Waals surface area contributed by atoms with Gasteiger partial charge in [-0.25, -0.2) is 14.2 Å². The van der Waals surface area contributed by atoms with Crippen molar-refractivity contribution in [2.75, 3.05) is 18.4 Å². The van der Waals surface area contributed by atoms with Crippen molar-refractivity contribution < 1.29 is 41.4 Å². The first-order chi connectivity index (χ1) is 20.2. The first kappa shape index (κ1) is 32.9. The van der Waals surface area contributed by atoms with Gasteiger partial charge < -0.3 is 30.0 Å². The number of anilines is 1. The number of rotatable bonds is 11. The number of halogens is 4. The van der Waals surface area contributed by atoms with Crippen molar-refractivity contribution in [1.29, 1.82) is 0 Å². The molecule has 0 radical (unpaired) electrons. The van der Waals surface area contributed by atoms with Crippen molar-refractivity contribution in [3.05, 3.63) is 65.1 Å². The zero-order valence-electron chi connectivity index (χ0n) is 24.3. The fourth-order valence-electron chi connectivity index (χ4n) is 4.05. The summed E-state index contributed by atoms with van der Waals surface area (Å²) in [5.41, 5.74) is 0.550. The minimum Gasteiger partial charge on any atom is -0.444 e. The van der Waals surface area contributed by atoms with Crippen LogP contribution in [-0.2, 0) is 18.2 Å². The molecule has 0 spiro atoms. The lowest BCUT2D eigenvalue weighted by Crippen LogP contribution is -2.34. The van der Waals surface area contributed by atoms with Crippen LogP contribution >= 0.6 is 0 Å². The van der Waals surface area contributed by atoms with E-state index in [1.54, 1.807) is 32.9 Å². The van der Waals surface area contributed by atoms with Crippen molar-refractivity contribution in [3.8, 4) is 17.0 Å². The molecule has 0 atom stereocenters. The lowest BCUT2D eigenvalue weighted by atomic mass is 10.0. The molecule has 0 fully saturated rings. The summed E-state index contributed by atoms with van der Waals surface area (Å²) >= 11 is 0. The van der Waals surface area contributed by atoms with E-state index in [2.05, 4.69) is 25.7 Å². The van der Waals surface area contributed by atoms with Crippen molar-refractivity contribution in [3.63, 3.8) is 0 Å². The zero-order valence-corrected chi connectivity index (χ0v) is 24.3. The van der Waals surface area contributed by atoms with Crippen molar-refractivity contribution in [2.24, 2.45) is 7.05 Å². The molecule has 0 saturated carbocycles. The van der Waals surface area contributed by atoms with Gasteiger partial charge in [0.25, 0.3) is 11.8 Å². The van der Waals surface area contributed by atoms with E-state index >= 15 is 0 Å². The van der Waals surface area contributed by atoms with E-state index in [9.17, 15) is 31.9 Å². The summed E-state index contributed by atoms with van der Waals surface area (Å²) in [7, 11) is 1.41. The number of alkyl carbamates (subject to hydrolysis) is 1. The van der Waals surface area contributed by atoms with E-state index in [4.69, 9.17) is 4.74 Å². The Kier molecular flexibility index (Phi) is 10.7. The highest BCUT2D eigenvalue weighted by molar-refractivity contribution is 6.03. The highest BCUT2D eigenvalue weighted by atomic mass is 19.3. The molecule has 0 unspecified atom stereocenters. The molecular formula is C29H33F4N5O5. The number of ether oxygens (including phenoxy) is 2. The van der Waals surface area contributed by atoms with Crippen LogP contribution < -0.4 is 20.7 Å². The zero-order chi connectivity index (χ0) is 31.9. The van der Waals surface area contributed by atoms with E-state index in [1.807, 2.05) is 6.92 Å². The molecule has 1 aromatic heterocycles. The van der Waals surface area contributed by atoms with Crippen LogP contribution in [0.1, 0.15) is 60.7 Å². The number of imidazole rings is 1. The van der Waals surface area contributed by atoms with Gasteiger partial charge in [0.15, 0.2) is 17.4 Å². The van der Waals surface area contributed by atoms with Gasteiger partial charge in [0.2, 0.25) is 5.82 Å². The van der Waals surface area contributed by atoms with E-state index in [-0.39, 0.29) is 23.0 Å². The van der Waals surface area contributed by atoms with Crippen LogP contribution in [0.15, 0.2) is 36.5 Å². The van der Waals surface area contributed by atoms with Crippen molar-refractivity contribution >= 4 is 23.6 Å². The minimum atomic E-state index is -3.33. The van der Waals surface area contributed by atoms with Gasteiger partial charge in [-0.15, -0.1) is 0 Å². The Bertz CT molecular complexity index is 1490. The predicted octanol–water partition coefficient (Wildman–Crippen LogP) is 5.43. The van der Waals surface area contributed by atoms with Crippen LogP contribution in [0.5, 0.6) is 5.75 Å². The van der Waals surface area contributed by atoms with Gasteiger partial charge in [-0.1, -0.05) is 6.92 Å². The Morgan fingerprint density at radius 2 is 1.70 bits per heavy atom. The summed E-state index contributed by atoms with van der Waals surface area (Å²) in [5, 5.41) is 8.08. The summed E-state index contributed by atoms with van der Waals surface area (Å²) in [4.78, 5) is 41.4. The average Bonchev–Trinajstić information content (AvgIpc) is 3.30. The second kappa shape index (κ2) is 14.0. The number of nitrogens with one attached hydrogen (secondary N) is 3. The second-order valence-corrected chi connectivity index (χ2v) is 10.4. The van der Waals surface area contributed by atoms with E-state index in [1.165, 1.54) is 17.7 Å². The van der Waals surface area contributed by atoms with Gasteiger partial charge in [-0.2, -0.15) is 13.2 Å². The van der Waals surface area contributed by atoms with Crippen LogP contribution in [0.3, 0.4) is 0 Å². The normalized spacial score (nSPS) is 11.3. The second-order valence-electron chi connectivity index (χ2n) is 10.4. The highest BCUT2D eigenvalue weighted by Crippen LogP contribution is 2.31. The number of nitrogens with zero attached hydrogens (tertiary/aromatic N) is 2. The summed E-state index contributed by atoms with van der Waals surface area (Å²) in [6.45, 7) is 4.42. The molecule has 0 aliphatic heterocycles. The third kappa shape index (κ3) is 8.69. The molecule has 10 nitrogen and oxygen atoms in total. The number of aryl methyl sites for hydroxylation is 1. The summed E-state index contributed by atoms with van der Waals surface area (Å²) in [5.74, 6) is -5.10. The topological polar surface area (TPSA) is 124 Å². The van der Waals surface area contributed by atoms with Gasteiger partial charge in [-0.3, -0.25) is 9.59 Å². The molecule has 0 saturated heterocycles. The average molecular weight is 608 g/mol. The van der Waals surface area contributed by atoms with Gasteiger partial charge in [-0.05, 0) is 69.5 Å². The Morgan fingerprint density at radius 1 is 1.00 bits per heavy atom. The molecule has 3 rings (SSSR count). The Balaban J connectivity index is 1.64. The predicted molar refractivity (Wildman–Crippen MR) is 150 cm³/mol. The number of amides is 3. The maximum Gasteiger partial charge on any atom is 0.407 e. The highest BCUT2D eigenvalue weighted by Gasteiger charge is 2.23. The number of benzene rings is 2. The van der Waals surface area contributed by atoms with Crippen LogP contribution in [0.2, 0.25) is 0 Å². The number of alkyl halides is 2. The third-order valence-corrected chi connectivity index (χ3v) is 6.03. The number of hydrogen-bond donors (Lipinski definition) is 3. The van der Waals surface area contributed by atoms with Crippen LogP contribution in [0.4, 0.5) is 28.0 Å². The molecule has 0 aliphatic carbocycles. The lowest BCUT2D eigenvalue weighted by molar-refractivity contribution is -0.0525. The first-order valence-electron chi connectivity index (χ1n) is 13.4. The van der Waals surface area contributed by atoms with E-state index < -0.39 is 41.6 Å². The standard InChI is InChI=1S/C29H33F4N5O5/c1-6-16-14-17(8-9-18(16)25(39)34-12-7-13-35-28(41)43-29(2,3)4)37-26(40)24-36-15-20(38(24)5)19-10-11-21(42-27(32)33)23(31)22(19)30/h8-11,14-15,27H,6-7,12-13H2,1-5H3,(H,34,39)(H,35,41)(H,37,40). The maximum absolute atomic E-state index is 14.6. The molecule has 3 aromatic rings. The lowest BCUT2D eigenvalue weighted by Gasteiger charge is -2.19. The number of aromatic nitrogens is 2. The quantitative estimate of drug-likeness (QED) is 0.198. The summed E-state index contributed by atoms with van der Waals surface area (Å²) in [6.07, 6.45) is 1.57. The molecule has 1 heterocycles. The fourth-order valence-corrected chi connectivity index (χ4v) is 4.05. The van der Waals surface area contributed by atoms with E-state index in [0.717, 1.165) is 18.3 Å². The monoisotopic (exact) mass is 607 g/mol. The van der Waals surface area contributed by atoms with Crippen LogP contribution in [-0.4, -0.2) is 52.8 Å². The molecule has 2 aromatic carbocycles. The van der Waals surface area contributed by atoms with E-state index in [0.29, 0.717) is 42.7 Å². The minimum absolute atomic E-state index is 0.0210. The summed E-state index contributed by atoms with van der Waals surface area (Å²) in [6, 6.07) is 6.64. The Hall–Kier alpha value is -4.62. The molecule has 14 heteroatoms. The largest absolute Gasteiger partial charge is 0.444 e. The van der Waals surface area contributed by atoms with Crippen LogP contribution in [0.25, 0.3) is 11.3 Å². The first-order valence-corrected chi connectivity index (χ1v) is 13.4. The van der Waals surface area contributed by atoms with Gasteiger partial charge in [0.1, 0.15) is 5.60 Å². The summed E-state index contributed by atoms with van der Waals surface area (Å²) < 4.78 is 64.1. The van der Waals surface area contributed by atoms with Gasteiger partial charge in [0, 0.05) is 37.0 Å². The molecule has 0 aliphatic rings. The third-order valence-electron chi connectivity index (χ3n) is 6.03. The van der Waals surface area contributed by atoms with Gasteiger partial charge >= 0.3 is 12.7 Å². The molecule has 3 amide bonds.